The zero-order valence-corrected chi connectivity index (χ0v) is 10.6. The van der Waals surface area contributed by atoms with E-state index in [1.54, 1.807) is 11.3 Å². The number of likely N-dealkylation sites (N-methyl/N-ethyl adjacent to an activating group) is 1. The van der Waals surface area contributed by atoms with E-state index in [0.717, 1.165) is 24.6 Å². The second-order valence-corrected chi connectivity index (χ2v) is 5.08. The number of hydrogen-bond donors (Lipinski definition) is 1. The Morgan fingerprint density at radius 2 is 2.25 bits per heavy atom. The SMILES string of the molecule is CNCCc1ncc(-c2cc(C)c(C)s2)o1. The molecule has 3 nitrogen and oxygen atoms in total. The molecule has 0 aromatic carbocycles. The van der Waals surface area contributed by atoms with E-state index < -0.39 is 0 Å². The summed E-state index contributed by atoms with van der Waals surface area (Å²) in [7, 11) is 1.93. The quantitative estimate of drug-likeness (QED) is 0.887. The molecular formula is C12H16N2OS. The van der Waals surface area contributed by atoms with Gasteiger partial charge in [0.1, 0.15) is 0 Å². The highest BCUT2D eigenvalue weighted by molar-refractivity contribution is 7.15. The second kappa shape index (κ2) is 4.80. The lowest BCUT2D eigenvalue weighted by Gasteiger charge is -1.93. The lowest BCUT2D eigenvalue weighted by atomic mass is 10.3. The van der Waals surface area contributed by atoms with E-state index in [0.29, 0.717) is 0 Å². The Morgan fingerprint density at radius 3 is 2.88 bits per heavy atom. The maximum atomic E-state index is 5.70. The predicted octanol–water partition coefficient (Wildman–Crippen LogP) is 2.78. The molecule has 0 aliphatic rings. The normalized spacial score (nSPS) is 10.9. The highest BCUT2D eigenvalue weighted by atomic mass is 32.1. The molecule has 0 radical (unpaired) electrons. The molecule has 2 aromatic heterocycles. The molecule has 0 saturated heterocycles. The van der Waals surface area contributed by atoms with Crippen molar-refractivity contribution < 1.29 is 4.42 Å². The van der Waals surface area contributed by atoms with E-state index in [4.69, 9.17) is 4.42 Å². The molecule has 0 fully saturated rings. The summed E-state index contributed by atoms with van der Waals surface area (Å²) in [6.45, 7) is 5.14. The average Bonchev–Trinajstić information content (AvgIpc) is 2.84. The second-order valence-electron chi connectivity index (χ2n) is 3.82. The molecule has 4 heteroatoms. The lowest BCUT2D eigenvalue weighted by molar-refractivity contribution is 0.501. The van der Waals surface area contributed by atoms with Crippen LogP contribution in [0.2, 0.25) is 0 Å². The maximum Gasteiger partial charge on any atom is 0.196 e. The summed E-state index contributed by atoms with van der Waals surface area (Å²) >= 11 is 1.76. The Labute approximate surface area is 99.5 Å². The Morgan fingerprint density at radius 1 is 1.44 bits per heavy atom. The van der Waals surface area contributed by atoms with Gasteiger partial charge in [0.2, 0.25) is 0 Å². The average molecular weight is 236 g/mol. The van der Waals surface area contributed by atoms with E-state index in [2.05, 4.69) is 30.2 Å². The molecule has 2 heterocycles. The fourth-order valence-electron chi connectivity index (χ4n) is 1.47. The van der Waals surface area contributed by atoms with Crippen LogP contribution in [0.4, 0.5) is 0 Å². The third kappa shape index (κ3) is 2.33. The minimum absolute atomic E-state index is 0.799. The van der Waals surface area contributed by atoms with Crippen molar-refractivity contribution in [3.05, 3.63) is 28.6 Å². The molecule has 0 atom stereocenters. The molecule has 0 unspecified atom stereocenters. The van der Waals surface area contributed by atoms with Crippen molar-refractivity contribution in [3.8, 4) is 10.6 Å². The number of nitrogens with zero attached hydrogens (tertiary/aromatic N) is 1. The van der Waals surface area contributed by atoms with Crippen LogP contribution in [-0.4, -0.2) is 18.6 Å². The van der Waals surface area contributed by atoms with Gasteiger partial charge < -0.3 is 9.73 Å². The van der Waals surface area contributed by atoms with Crippen molar-refractivity contribution in [2.75, 3.05) is 13.6 Å². The van der Waals surface area contributed by atoms with Gasteiger partial charge in [0.25, 0.3) is 0 Å². The maximum absolute atomic E-state index is 5.70. The van der Waals surface area contributed by atoms with Gasteiger partial charge in [-0.15, -0.1) is 11.3 Å². The predicted molar refractivity (Wildman–Crippen MR) is 66.9 cm³/mol. The first-order valence-corrected chi connectivity index (χ1v) is 6.19. The summed E-state index contributed by atoms with van der Waals surface area (Å²) in [5.41, 5.74) is 1.31. The molecule has 0 aliphatic carbocycles. The number of aryl methyl sites for hydroxylation is 2. The molecule has 2 rings (SSSR count). The van der Waals surface area contributed by atoms with Crippen molar-refractivity contribution in [3.63, 3.8) is 0 Å². The van der Waals surface area contributed by atoms with Crippen LogP contribution < -0.4 is 5.32 Å². The molecular weight excluding hydrogens is 220 g/mol. The molecule has 0 amide bonds. The highest BCUT2D eigenvalue weighted by Gasteiger charge is 2.09. The smallest absolute Gasteiger partial charge is 0.196 e. The summed E-state index contributed by atoms with van der Waals surface area (Å²) < 4.78 is 5.70. The molecule has 0 aliphatic heterocycles. The van der Waals surface area contributed by atoms with E-state index in [1.165, 1.54) is 15.3 Å². The fourth-order valence-corrected chi connectivity index (χ4v) is 2.45. The molecule has 86 valence electrons. The number of hydrogen-bond acceptors (Lipinski definition) is 4. The van der Waals surface area contributed by atoms with Crippen LogP contribution in [0.1, 0.15) is 16.3 Å². The van der Waals surface area contributed by atoms with Crippen LogP contribution in [0, 0.1) is 13.8 Å². The van der Waals surface area contributed by atoms with Gasteiger partial charge in [0.15, 0.2) is 11.7 Å². The third-order valence-corrected chi connectivity index (χ3v) is 3.72. The number of rotatable bonds is 4. The number of aromatic nitrogens is 1. The van der Waals surface area contributed by atoms with E-state index in [9.17, 15) is 0 Å². The van der Waals surface area contributed by atoms with Crippen molar-refractivity contribution in [1.29, 1.82) is 0 Å². The van der Waals surface area contributed by atoms with Crippen LogP contribution in [0.15, 0.2) is 16.7 Å². The summed E-state index contributed by atoms with van der Waals surface area (Å²) in [4.78, 5) is 6.77. The van der Waals surface area contributed by atoms with Gasteiger partial charge in [-0.2, -0.15) is 0 Å². The fraction of sp³-hybridized carbons (Fsp3) is 0.417. The topological polar surface area (TPSA) is 38.1 Å². The summed E-state index contributed by atoms with van der Waals surface area (Å²) in [5, 5.41) is 3.08. The summed E-state index contributed by atoms with van der Waals surface area (Å²) in [6.07, 6.45) is 2.65. The highest BCUT2D eigenvalue weighted by Crippen LogP contribution is 2.30. The van der Waals surface area contributed by atoms with E-state index in [-0.39, 0.29) is 0 Å². The summed E-state index contributed by atoms with van der Waals surface area (Å²) in [5.74, 6) is 1.68. The molecule has 1 N–H and O–H groups in total. The minimum Gasteiger partial charge on any atom is -0.440 e. The molecule has 16 heavy (non-hydrogen) atoms. The van der Waals surface area contributed by atoms with Crippen LogP contribution in [0.25, 0.3) is 10.6 Å². The van der Waals surface area contributed by atoms with Gasteiger partial charge in [0.05, 0.1) is 11.1 Å². The zero-order valence-electron chi connectivity index (χ0n) is 9.83. The standard InChI is InChI=1S/C12H16N2OS/c1-8-6-11(16-9(8)2)10-7-14-12(15-10)4-5-13-3/h6-7,13H,4-5H2,1-3H3. The number of thiophene rings is 1. The minimum atomic E-state index is 0.799. The van der Waals surface area contributed by atoms with Crippen molar-refractivity contribution in [2.45, 2.75) is 20.3 Å². The molecule has 2 aromatic rings. The van der Waals surface area contributed by atoms with Crippen LogP contribution in [0.3, 0.4) is 0 Å². The molecule has 0 bridgehead atoms. The van der Waals surface area contributed by atoms with Gasteiger partial charge >= 0.3 is 0 Å². The summed E-state index contributed by atoms with van der Waals surface area (Å²) in [6, 6.07) is 2.16. The Bertz CT molecular complexity index is 454. The number of oxazole rings is 1. The van der Waals surface area contributed by atoms with Gasteiger partial charge in [0, 0.05) is 17.8 Å². The van der Waals surface area contributed by atoms with Crippen molar-refractivity contribution >= 4 is 11.3 Å². The van der Waals surface area contributed by atoms with Crippen molar-refractivity contribution in [1.82, 2.24) is 10.3 Å². The van der Waals surface area contributed by atoms with Gasteiger partial charge in [-0.3, -0.25) is 0 Å². The van der Waals surface area contributed by atoms with Crippen molar-refractivity contribution in [2.24, 2.45) is 0 Å². The molecule has 0 saturated carbocycles. The Hall–Kier alpha value is -1.13. The largest absolute Gasteiger partial charge is 0.440 e. The zero-order chi connectivity index (χ0) is 11.5. The van der Waals surface area contributed by atoms with E-state index >= 15 is 0 Å². The van der Waals surface area contributed by atoms with Gasteiger partial charge in [-0.1, -0.05) is 0 Å². The first kappa shape index (κ1) is 11.4. The number of nitrogens with one attached hydrogen (secondary N) is 1. The monoisotopic (exact) mass is 236 g/mol. The third-order valence-electron chi connectivity index (χ3n) is 2.55. The Balaban J connectivity index is 2.18. The van der Waals surface area contributed by atoms with Crippen LogP contribution in [0.5, 0.6) is 0 Å². The van der Waals surface area contributed by atoms with Gasteiger partial charge in [-0.25, -0.2) is 4.98 Å². The molecule has 0 spiro atoms. The first-order chi connectivity index (χ1) is 7.70. The first-order valence-electron chi connectivity index (χ1n) is 5.37. The van der Waals surface area contributed by atoms with Crippen LogP contribution >= 0.6 is 11.3 Å². The van der Waals surface area contributed by atoms with Crippen LogP contribution in [-0.2, 0) is 6.42 Å². The van der Waals surface area contributed by atoms with E-state index in [1.807, 2.05) is 13.2 Å². The Kier molecular flexibility index (Phi) is 3.41. The lowest BCUT2D eigenvalue weighted by Crippen LogP contribution is -2.10. The van der Waals surface area contributed by atoms with Gasteiger partial charge in [-0.05, 0) is 32.5 Å².